The SMILES string of the molecule is C[C@@H](COc1ccc2ccccc2c1)OCCOCCCS(=O)(=O)O. The molecule has 0 unspecified atom stereocenters. The third-order valence-corrected chi connectivity index (χ3v) is 4.33. The lowest BCUT2D eigenvalue weighted by Gasteiger charge is -2.14. The van der Waals surface area contributed by atoms with Crippen molar-refractivity contribution >= 4 is 20.9 Å². The van der Waals surface area contributed by atoms with Crippen LogP contribution in [-0.2, 0) is 19.6 Å². The third-order valence-electron chi connectivity index (χ3n) is 3.53. The zero-order chi connectivity index (χ0) is 18.1. The summed E-state index contributed by atoms with van der Waals surface area (Å²) in [6, 6.07) is 14.1. The lowest BCUT2D eigenvalue weighted by atomic mass is 10.1. The smallest absolute Gasteiger partial charge is 0.264 e. The van der Waals surface area contributed by atoms with Crippen molar-refractivity contribution in [2.24, 2.45) is 0 Å². The van der Waals surface area contributed by atoms with E-state index in [9.17, 15) is 8.42 Å². The Morgan fingerprint density at radius 1 is 1.04 bits per heavy atom. The van der Waals surface area contributed by atoms with E-state index < -0.39 is 10.1 Å². The summed E-state index contributed by atoms with van der Waals surface area (Å²) in [5.74, 6) is 0.514. The molecule has 0 amide bonds. The molecule has 0 saturated carbocycles. The Bertz CT molecular complexity index is 759. The van der Waals surface area contributed by atoms with E-state index >= 15 is 0 Å². The van der Waals surface area contributed by atoms with Gasteiger partial charge in [-0.2, -0.15) is 8.42 Å². The molecule has 0 aliphatic rings. The van der Waals surface area contributed by atoms with Crippen LogP contribution in [0.3, 0.4) is 0 Å². The van der Waals surface area contributed by atoms with Gasteiger partial charge >= 0.3 is 0 Å². The molecule has 25 heavy (non-hydrogen) atoms. The molecule has 138 valence electrons. The van der Waals surface area contributed by atoms with E-state index in [1.807, 2.05) is 43.3 Å². The van der Waals surface area contributed by atoms with Gasteiger partial charge in [-0.3, -0.25) is 4.55 Å². The minimum absolute atomic E-state index is 0.0899. The first-order valence-corrected chi connectivity index (χ1v) is 9.81. The van der Waals surface area contributed by atoms with Gasteiger partial charge in [-0.05, 0) is 36.2 Å². The summed E-state index contributed by atoms with van der Waals surface area (Å²) in [5.41, 5.74) is 0. The Morgan fingerprint density at radius 2 is 1.80 bits per heavy atom. The first-order chi connectivity index (χ1) is 11.9. The van der Waals surface area contributed by atoms with E-state index in [4.69, 9.17) is 18.8 Å². The average molecular weight is 368 g/mol. The molecule has 0 radical (unpaired) electrons. The van der Waals surface area contributed by atoms with Gasteiger partial charge in [-0.15, -0.1) is 0 Å². The van der Waals surface area contributed by atoms with Gasteiger partial charge in [0.1, 0.15) is 12.4 Å². The van der Waals surface area contributed by atoms with Gasteiger partial charge < -0.3 is 14.2 Å². The molecular formula is C18H24O6S. The first kappa shape index (κ1) is 19.7. The van der Waals surface area contributed by atoms with Crippen molar-refractivity contribution in [2.75, 3.05) is 32.2 Å². The van der Waals surface area contributed by atoms with Crippen molar-refractivity contribution in [1.82, 2.24) is 0 Å². The van der Waals surface area contributed by atoms with Gasteiger partial charge in [0.15, 0.2) is 0 Å². The minimum Gasteiger partial charge on any atom is -0.491 e. The summed E-state index contributed by atoms with van der Waals surface area (Å²) in [6.45, 7) is 3.38. The van der Waals surface area contributed by atoms with E-state index in [-0.39, 0.29) is 24.9 Å². The maximum absolute atomic E-state index is 10.5. The molecule has 2 aromatic rings. The zero-order valence-electron chi connectivity index (χ0n) is 14.3. The summed E-state index contributed by atoms with van der Waals surface area (Å²) < 4.78 is 46.2. The largest absolute Gasteiger partial charge is 0.491 e. The predicted molar refractivity (Wildman–Crippen MR) is 96.7 cm³/mol. The second kappa shape index (κ2) is 9.72. The Balaban J connectivity index is 1.59. The molecule has 0 aliphatic carbocycles. The van der Waals surface area contributed by atoms with Crippen LogP contribution < -0.4 is 4.74 Å². The Morgan fingerprint density at radius 3 is 2.56 bits per heavy atom. The molecule has 0 saturated heterocycles. The van der Waals surface area contributed by atoms with Crippen LogP contribution in [-0.4, -0.2) is 51.3 Å². The highest BCUT2D eigenvalue weighted by Crippen LogP contribution is 2.20. The van der Waals surface area contributed by atoms with Crippen LogP contribution in [0.1, 0.15) is 13.3 Å². The molecule has 0 aromatic heterocycles. The van der Waals surface area contributed by atoms with E-state index in [1.165, 1.54) is 5.39 Å². The molecule has 6 nitrogen and oxygen atoms in total. The molecule has 2 rings (SSSR count). The molecule has 0 aliphatic heterocycles. The van der Waals surface area contributed by atoms with Crippen LogP contribution in [0, 0.1) is 0 Å². The molecule has 0 fully saturated rings. The minimum atomic E-state index is -3.91. The fourth-order valence-corrected chi connectivity index (χ4v) is 2.76. The first-order valence-electron chi connectivity index (χ1n) is 8.20. The van der Waals surface area contributed by atoms with Crippen molar-refractivity contribution in [1.29, 1.82) is 0 Å². The van der Waals surface area contributed by atoms with Crippen LogP contribution in [0.5, 0.6) is 5.75 Å². The fraction of sp³-hybridized carbons (Fsp3) is 0.444. The summed E-state index contributed by atoms with van der Waals surface area (Å²) in [5, 5.41) is 2.30. The highest BCUT2D eigenvalue weighted by atomic mass is 32.2. The van der Waals surface area contributed by atoms with Gasteiger partial charge in [0, 0.05) is 6.61 Å². The fourth-order valence-electron chi connectivity index (χ4n) is 2.27. The average Bonchev–Trinajstić information content (AvgIpc) is 2.58. The van der Waals surface area contributed by atoms with Crippen molar-refractivity contribution in [3.8, 4) is 5.75 Å². The molecule has 2 aromatic carbocycles. The third kappa shape index (κ3) is 7.83. The van der Waals surface area contributed by atoms with E-state index in [0.29, 0.717) is 19.8 Å². The lowest BCUT2D eigenvalue weighted by Crippen LogP contribution is -2.20. The van der Waals surface area contributed by atoms with Crippen molar-refractivity contribution < 1.29 is 27.2 Å². The van der Waals surface area contributed by atoms with E-state index in [0.717, 1.165) is 11.1 Å². The van der Waals surface area contributed by atoms with Gasteiger partial charge in [0.2, 0.25) is 0 Å². The second-order valence-corrected chi connectivity index (χ2v) is 7.33. The monoisotopic (exact) mass is 368 g/mol. The van der Waals surface area contributed by atoms with Gasteiger partial charge in [-0.1, -0.05) is 30.3 Å². The Labute approximate surface area is 148 Å². The van der Waals surface area contributed by atoms with Crippen LogP contribution in [0.2, 0.25) is 0 Å². The van der Waals surface area contributed by atoms with Gasteiger partial charge in [0.05, 0.1) is 25.1 Å². The summed E-state index contributed by atoms with van der Waals surface area (Å²) >= 11 is 0. The molecule has 0 bridgehead atoms. The van der Waals surface area contributed by atoms with Crippen molar-refractivity contribution in [3.05, 3.63) is 42.5 Å². The lowest BCUT2D eigenvalue weighted by molar-refractivity contribution is -0.00559. The zero-order valence-corrected chi connectivity index (χ0v) is 15.1. The normalized spacial score (nSPS) is 13.0. The van der Waals surface area contributed by atoms with E-state index in [2.05, 4.69) is 6.07 Å². The van der Waals surface area contributed by atoms with Crippen molar-refractivity contribution in [3.63, 3.8) is 0 Å². The van der Waals surface area contributed by atoms with E-state index in [1.54, 1.807) is 0 Å². The maximum Gasteiger partial charge on any atom is 0.264 e. The molecule has 1 N–H and O–H groups in total. The molecule has 1 atom stereocenters. The summed E-state index contributed by atoms with van der Waals surface area (Å²) in [6.07, 6.45) is 0.173. The van der Waals surface area contributed by atoms with Crippen molar-refractivity contribution in [2.45, 2.75) is 19.4 Å². The quantitative estimate of drug-likeness (QED) is 0.485. The summed E-state index contributed by atoms with van der Waals surface area (Å²) in [7, 11) is -3.91. The Kier molecular flexibility index (Phi) is 7.64. The molecule has 0 spiro atoms. The number of ether oxygens (including phenoxy) is 3. The van der Waals surface area contributed by atoms with Crippen LogP contribution in [0.15, 0.2) is 42.5 Å². The predicted octanol–water partition coefficient (Wildman–Crippen LogP) is 2.92. The second-order valence-electron chi connectivity index (χ2n) is 5.75. The Hall–Kier alpha value is -1.67. The number of hydrogen-bond acceptors (Lipinski definition) is 5. The van der Waals surface area contributed by atoms with Gasteiger partial charge in [0.25, 0.3) is 10.1 Å². The number of hydrogen-bond donors (Lipinski definition) is 1. The van der Waals surface area contributed by atoms with Gasteiger partial charge in [-0.25, -0.2) is 0 Å². The van der Waals surface area contributed by atoms with Crippen LogP contribution >= 0.6 is 0 Å². The number of benzene rings is 2. The molecular weight excluding hydrogens is 344 g/mol. The molecule has 7 heteroatoms. The highest BCUT2D eigenvalue weighted by molar-refractivity contribution is 7.85. The highest BCUT2D eigenvalue weighted by Gasteiger charge is 2.05. The maximum atomic E-state index is 10.5. The topological polar surface area (TPSA) is 82.1 Å². The summed E-state index contributed by atoms with van der Waals surface area (Å²) in [4.78, 5) is 0. The number of rotatable bonds is 11. The standard InChI is InChI=1S/C18H24O6S/c1-15(23-11-10-22-9-4-12-25(19,20)21)14-24-18-8-7-16-5-2-3-6-17(16)13-18/h2-3,5-8,13,15H,4,9-12,14H2,1H3,(H,19,20,21)/t15-/m0/s1. The molecule has 0 heterocycles. The van der Waals surface area contributed by atoms with Crippen LogP contribution in [0.25, 0.3) is 10.8 Å². The van der Waals surface area contributed by atoms with Crippen LogP contribution in [0.4, 0.5) is 0 Å². The number of fused-ring (bicyclic) bond motifs is 1.